The zero-order valence-electron chi connectivity index (χ0n) is 10.4. The Kier molecular flexibility index (Phi) is 4.41. The first-order chi connectivity index (χ1) is 7.85. The highest BCUT2D eigenvalue weighted by molar-refractivity contribution is 9.10. The van der Waals surface area contributed by atoms with Crippen LogP contribution < -0.4 is 10.5 Å². The molecule has 17 heavy (non-hydrogen) atoms. The van der Waals surface area contributed by atoms with Gasteiger partial charge in [0.2, 0.25) is 0 Å². The lowest BCUT2D eigenvalue weighted by atomic mass is 9.92. The summed E-state index contributed by atoms with van der Waals surface area (Å²) in [5, 5.41) is 8.90. The molecule has 0 atom stereocenters. The Morgan fingerprint density at radius 1 is 1.47 bits per heavy atom. The number of rotatable bonds is 4. The van der Waals surface area contributed by atoms with E-state index in [-0.39, 0.29) is 5.41 Å². The van der Waals surface area contributed by atoms with Crippen molar-refractivity contribution in [1.29, 1.82) is 5.26 Å². The molecule has 1 rings (SSSR count). The number of aryl methyl sites for hydroxylation is 1. The van der Waals surface area contributed by atoms with E-state index in [1.165, 1.54) is 0 Å². The first-order valence-corrected chi connectivity index (χ1v) is 6.25. The van der Waals surface area contributed by atoms with Gasteiger partial charge >= 0.3 is 0 Å². The Bertz CT molecular complexity index is 426. The van der Waals surface area contributed by atoms with Crippen molar-refractivity contribution < 1.29 is 4.74 Å². The topological polar surface area (TPSA) is 59.0 Å². The van der Waals surface area contributed by atoms with Crippen LogP contribution >= 0.6 is 15.9 Å². The fourth-order valence-electron chi connectivity index (χ4n) is 1.42. The standard InChI is InChI=1S/C13H17BrN2O/c1-9-6-10(14)7-11(16)12(9)17-5-4-13(2,3)8-15/h6-7H,4-5,16H2,1-3H3. The molecule has 0 aliphatic heterocycles. The number of benzene rings is 1. The second-order valence-electron chi connectivity index (χ2n) is 4.74. The molecule has 0 saturated carbocycles. The Labute approximate surface area is 111 Å². The van der Waals surface area contributed by atoms with Crippen molar-refractivity contribution in [3.63, 3.8) is 0 Å². The van der Waals surface area contributed by atoms with Crippen LogP contribution in [-0.2, 0) is 0 Å². The van der Waals surface area contributed by atoms with E-state index >= 15 is 0 Å². The Hall–Kier alpha value is -1.21. The highest BCUT2D eigenvalue weighted by Crippen LogP contribution is 2.30. The molecule has 4 heteroatoms. The van der Waals surface area contributed by atoms with Crippen LogP contribution in [-0.4, -0.2) is 6.61 Å². The lowest BCUT2D eigenvalue weighted by molar-refractivity contribution is 0.264. The normalized spacial score (nSPS) is 11.0. The molecule has 0 bridgehead atoms. The predicted octanol–water partition coefficient (Wildman–Crippen LogP) is 3.66. The van der Waals surface area contributed by atoms with Crippen LogP contribution in [0.4, 0.5) is 5.69 Å². The van der Waals surface area contributed by atoms with Gasteiger partial charge in [0, 0.05) is 4.47 Å². The van der Waals surface area contributed by atoms with Crippen molar-refractivity contribution in [1.82, 2.24) is 0 Å². The minimum Gasteiger partial charge on any atom is -0.491 e. The van der Waals surface area contributed by atoms with Crippen LogP contribution in [0.2, 0.25) is 0 Å². The van der Waals surface area contributed by atoms with Crippen molar-refractivity contribution in [3.8, 4) is 11.8 Å². The summed E-state index contributed by atoms with van der Waals surface area (Å²) in [5.74, 6) is 0.710. The molecule has 0 fully saturated rings. The second kappa shape index (κ2) is 5.42. The van der Waals surface area contributed by atoms with Crippen molar-refractivity contribution in [2.24, 2.45) is 5.41 Å². The average molecular weight is 297 g/mol. The lowest BCUT2D eigenvalue weighted by Gasteiger charge is -2.17. The van der Waals surface area contributed by atoms with Gasteiger partial charge in [0.25, 0.3) is 0 Å². The van der Waals surface area contributed by atoms with Crippen LogP contribution in [0.5, 0.6) is 5.75 Å². The van der Waals surface area contributed by atoms with Crippen molar-refractivity contribution >= 4 is 21.6 Å². The number of hydrogen-bond acceptors (Lipinski definition) is 3. The van der Waals surface area contributed by atoms with Crippen molar-refractivity contribution in [2.75, 3.05) is 12.3 Å². The third-order valence-electron chi connectivity index (χ3n) is 2.54. The predicted molar refractivity (Wildman–Crippen MR) is 72.8 cm³/mol. The molecule has 0 aliphatic carbocycles. The van der Waals surface area contributed by atoms with Crippen LogP contribution in [0, 0.1) is 23.7 Å². The van der Waals surface area contributed by atoms with Gasteiger partial charge < -0.3 is 10.5 Å². The van der Waals surface area contributed by atoms with Gasteiger partial charge in [0.1, 0.15) is 5.75 Å². The van der Waals surface area contributed by atoms with E-state index in [9.17, 15) is 0 Å². The minimum absolute atomic E-state index is 0.363. The van der Waals surface area contributed by atoms with Crippen LogP contribution in [0.3, 0.4) is 0 Å². The van der Waals surface area contributed by atoms with Crippen molar-refractivity contribution in [3.05, 3.63) is 22.2 Å². The highest BCUT2D eigenvalue weighted by Gasteiger charge is 2.17. The number of nitriles is 1. The summed E-state index contributed by atoms with van der Waals surface area (Å²) in [7, 11) is 0. The maximum Gasteiger partial charge on any atom is 0.145 e. The first kappa shape index (κ1) is 13.9. The summed E-state index contributed by atoms with van der Waals surface area (Å²) in [5.41, 5.74) is 7.13. The molecule has 0 heterocycles. The number of anilines is 1. The smallest absolute Gasteiger partial charge is 0.145 e. The van der Waals surface area contributed by atoms with E-state index < -0.39 is 0 Å². The Morgan fingerprint density at radius 2 is 2.12 bits per heavy atom. The molecular formula is C13H17BrN2O. The van der Waals surface area contributed by atoms with E-state index in [1.807, 2.05) is 32.9 Å². The maximum absolute atomic E-state index is 8.90. The number of nitrogens with zero attached hydrogens (tertiary/aromatic N) is 1. The molecule has 0 spiro atoms. The summed E-state index contributed by atoms with van der Waals surface area (Å²) in [6.07, 6.45) is 0.679. The van der Waals surface area contributed by atoms with Gasteiger partial charge in [-0.2, -0.15) is 5.26 Å². The summed E-state index contributed by atoms with van der Waals surface area (Å²) < 4.78 is 6.61. The molecule has 0 aromatic heterocycles. The van der Waals surface area contributed by atoms with Gasteiger partial charge in [0.15, 0.2) is 0 Å². The third kappa shape index (κ3) is 3.94. The van der Waals surface area contributed by atoms with Crippen LogP contribution in [0.15, 0.2) is 16.6 Å². The lowest BCUT2D eigenvalue weighted by Crippen LogP contribution is -2.14. The Balaban J connectivity index is 2.68. The summed E-state index contributed by atoms with van der Waals surface area (Å²) in [6, 6.07) is 6.02. The van der Waals surface area contributed by atoms with Crippen LogP contribution in [0.1, 0.15) is 25.8 Å². The fraction of sp³-hybridized carbons (Fsp3) is 0.462. The number of halogens is 1. The van der Waals surface area contributed by atoms with Gasteiger partial charge in [-0.1, -0.05) is 15.9 Å². The minimum atomic E-state index is -0.363. The van der Waals surface area contributed by atoms with E-state index in [0.29, 0.717) is 24.5 Å². The largest absolute Gasteiger partial charge is 0.491 e. The molecular weight excluding hydrogens is 280 g/mol. The molecule has 0 amide bonds. The monoisotopic (exact) mass is 296 g/mol. The van der Waals surface area contributed by atoms with E-state index in [1.54, 1.807) is 0 Å². The quantitative estimate of drug-likeness (QED) is 0.863. The van der Waals surface area contributed by atoms with Crippen molar-refractivity contribution in [2.45, 2.75) is 27.2 Å². The summed E-state index contributed by atoms with van der Waals surface area (Å²) in [4.78, 5) is 0. The summed E-state index contributed by atoms with van der Waals surface area (Å²) >= 11 is 3.38. The van der Waals surface area contributed by atoms with E-state index in [0.717, 1.165) is 10.0 Å². The first-order valence-electron chi connectivity index (χ1n) is 5.45. The zero-order chi connectivity index (χ0) is 13.1. The number of nitrogen functional groups attached to an aromatic ring is 1. The Morgan fingerprint density at radius 3 is 2.65 bits per heavy atom. The molecule has 92 valence electrons. The molecule has 1 aromatic carbocycles. The van der Waals surface area contributed by atoms with E-state index in [4.69, 9.17) is 15.7 Å². The number of hydrogen-bond donors (Lipinski definition) is 1. The number of ether oxygens (including phenoxy) is 1. The van der Waals surface area contributed by atoms with Gasteiger partial charge in [-0.25, -0.2) is 0 Å². The van der Waals surface area contributed by atoms with Crippen LogP contribution in [0.25, 0.3) is 0 Å². The van der Waals surface area contributed by atoms with Gasteiger partial charge in [-0.3, -0.25) is 0 Å². The SMILES string of the molecule is Cc1cc(Br)cc(N)c1OCCC(C)(C)C#N. The molecule has 2 N–H and O–H groups in total. The molecule has 0 saturated heterocycles. The molecule has 1 aromatic rings. The number of nitrogens with two attached hydrogens (primary N) is 1. The fourth-order valence-corrected chi connectivity index (χ4v) is 2.01. The molecule has 3 nitrogen and oxygen atoms in total. The van der Waals surface area contributed by atoms with E-state index in [2.05, 4.69) is 22.0 Å². The maximum atomic E-state index is 8.90. The zero-order valence-corrected chi connectivity index (χ0v) is 12.0. The molecule has 0 unspecified atom stereocenters. The highest BCUT2D eigenvalue weighted by atomic mass is 79.9. The molecule has 0 radical (unpaired) electrons. The average Bonchev–Trinajstić information content (AvgIpc) is 2.22. The third-order valence-corrected chi connectivity index (χ3v) is 3.00. The van der Waals surface area contributed by atoms with Gasteiger partial charge in [-0.15, -0.1) is 0 Å². The van der Waals surface area contributed by atoms with Gasteiger partial charge in [0.05, 0.1) is 23.8 Å². The second-order valence-corrected chi connectivity index (χ2v) is 5.65. The summed E-state index contributed by atoms with van der Waals surface area (Å²) in [6.45, 7) is 6.24. The van der Waals surface area contributed by atoms with Gasteiger partial charge in [-0.05, 0) is 44.9 Å². The molecule has 0 aliphatic rings.